The molecule has 1 aromatic rings. The summed E-state index contributed by atoms with van der Waals surface area (Å²) in [6, 6.07) is 3.64. The largest absolute Gasteiger partial charge is 0.297 e. The standard InChI is InChI=1S/C5H4OS.C3H6/c6-4-5-2-1-3-7-5;1-3-2/h1-4H;3H,1H2,2H3. The van der Waals surface area contributed by atoms with Gasteiger partial charge >= 0.3 is 0 Å². The van der Waals surface area contributed by atoms with E-state index in [0.717, 1.165) is 11.2 Å². The summed E-state index contributed by atoms with van der Waals surface area (Å²) in [5.74, 6) is 0. The van der Waals surface area contributed by atoms with E-state index in [1.165, 1.54) is 11.3 Å². The molecule has 0 radical (unpaired) electrons. The molecule has 54 valence electrons. The fourth-order valence-corrected chi connectivity index (χ4v) is 0.885. The van der Waals surface area contributed by atoms with Gasteiger partial charge in [0.25, 0.3) is 0 Å². The van der Waals surface area contributed by atoms with Crippen LogP contribution in [0.4, 0.5) is 0 Å². The van der Waals surface area contributed by atoms with Crippen LogP contribution in [0.15, 0.2) is 30.2 Å². The molecule has 0 aliphatic heterocycles. The lowest BCUT2D eigenvalue weighted by Crippen LogP contribution is -1.61. The van der Waals surface area contributed by atoms with Crippen LogP contribution in [0.5, 0.6) is 0 Å². The quantitative estimate of drug-likeness (QED) is 0.449. The molecular weight excluding hydrogens is 144 g/mol. The molecule has 1 heterocycles. The van der Waals surface area contributed by atoms with E-state index in [1.807, 2.05) is 18.4 Å². The maximum absolute atomic E-state index is 9.88. The predicted molar refractivity (Wildman–Crippen MR) is 45.6 cm³/mol. The lowest BCUT2D eigenvalue weighted by atomic mass is 10.5. The second-order valence-corrected chi connectivity index (χ2v) is 2.52. The molecule has 0 N–H and O–H groups in total. The van der Waals surface area contributed by atoms with Gasteiger partial charge in [0.1, 0.15) is 0 Å². The van der Waals surface area contributed by atoms with Gasteiger partial charge in [-0.1, -0.05) is 12.1 Å². The molecule has 2 heteroatoms. The molecule has 0 saturated heterocycles. The first-order valence-corrected chi connectivity index (χ1v) is 3.78. The zero-order valence-corrected chi connectivity index (χ0v) is 6.73. The van der Waals surface area contributed by atoms with E-state index in [-0.39, 0.29) is 0 Å². The van der Waals surface area contributed by atoms with E-state index in [1.54, 1.807) is 12.1 Å². The predicted octanol–water partition coefficient (Wildman–Crippen LogP) is 2.75. The second kappa shape index (κ2) is 6.23. The zero-order chi connectivity index (χ0) is 7.82. The first kappa shape index (κ1) is 9.11. The lowest BCUT2D eigenvalue weighted by molar-refractivity contribution is 0.112. The number of hydrogen-bond donors (Lipinski definition) is 0. The monoisotopic (exact) mass is 154 g/mol. The summed E-state index contributed by atoms with van der Waals surface area (Å²) in [6.45, 7) is 5.25. The Morgan fingerprint density at radius 1 is 1.70 bits per heavy atom. The van der Waals surface area contributed by atoms with E-state index in [9.17, 15) is 4.79 Å². The summed E-state index contributed by atoms with van der Waals surface area (Å²) < 4.78 is 0. The van der Waals surface area contributed by atoms with Crippen LogP contribution < -0.4 is 0 Å². The lowest BCUT2D eigenvalue weighted by Gasteiger charge is -1.66. The molecule has 0 aliphatic rings. The molecular formula is C8H10OS. The van der Waals surface area contributed by atoms with Crippen molar-refractivity contribution >= 4 is 17.6 Å². The van der Waals surface area contributed by atoms with E-state index >= 15 is 0 Å². The van der Waals surface area contributed by atoms with Gasteiger partial charge in [0.15, 0.2) is 6.29 Å². The van der Waals surface area contributed by atoms with E-state index in [4.69, 9.17) is 0 Å². The Labute approximate surface area is 65.0 Å². The van der Waals surface area contributed by atoms with E-state index in [0.29, 0.717) is 0 Å². The smallest absolute Gasteiger partial charge is 0.159 e. The van der Waals surface area contributed by atoms with E-state index in [2.05, 4.69) is 6.58 Å². The number of carbonyl (C=O) groups is 1. The van der Waals surface area contributed by atoms with Crippen molar-refractivity contribution in [3.05, 3.63) is 35.0 Å². The molecule has 0 fully saturated rings. The van der Waals surface area contributed by atoms with Crippen LogP contribution in [-0.2, 0) is 0 Å². The molecule has 1 rings (SSSR count). The molecule has 1 aromatic heterocycles. The highest BCUT2D eigenvalue weighted by molar-refractivity contribution is 7.11. The van der Waals surface area contributed by atoms with Gasteiger partial charge in [-0.3, -0.25) is 4.79 Å². The average Bonchev–Trinajstić information content (AvgIpc) is 2.39. The number of aldehydes is 1. The van der Waals surface area contributed by atoms with Crippen molar-refractivity contribution in [2.24, 2.45) is 0 Å². The Morgan fingerprint density at radius 2 is 2.30 bits per heavy atom. The van der Waals surface area contributed by atoms with Crippen LogP contribution in [0, 0.1) is 0 Å². The highest BCUT2D eigenvalue weighted by Gasteiger charge is 1.82. The fraction of sp³-hybridized carbons (Fsp3) is 0.125. The molecule has 0 spiro atoms. The molecule has 0 saturated carbocycles. The molecule has 0 aliphatic carbocycles. The number of allylic oxidation sites excluding steroid dienone is 1. The molecule has 0 amide bonds. The summed E-state index contributed by atoms with van der Waals surface area (Å²) in [4.78, 5) is 10.7. The zero-order valence-electron chi connectivity index (χ0n) is 5.91. The SMILES string of the molecule is C=CC.O=Cc1cccs1. The van der Waals surface area contributed by atoms with Gasteiger partial charge < -0.3 is 0 Å². The highest BCUT2D eigenvalue weighted by Crippen LogP contribution is 2.03. The van der Waals surface area contributed by atoms with Gasteiger partial charge in [-0.15, -0.1) is 17.9 Å². The van der Waals surface area contributed by atoms with Crippen LogP contribution >= 0.6 is 11.3 Å². The second-order valence-electron chi connectivity index (χ2n) is 1.54. The van der Waals surface area contributed by atoms with Crippen molar-refractivity contribution in [3.63, 3.8) is 0 Å². The van der Waals surface area contributed by atoms with Crippen LogP contribution in [0.2, 0.25) is 0 Å². The minimum absolute atomic E-state index is 0.792. The first-order chi connectivity index (χ1) is 4.85. The third kappa shape index (κ3) is 4.04. The minimum Gasteiger partial charge on any atom is -0.297 e. The maximum atomic E-state index is 9.88. The molecule has 1 nitrogen and oxygen atoms in total. The Balaban J connectivity index is 0.000000236. The first-order valence-electron chi connectivity index (χ1n) is 2.91. The topological polar surface area (TPSA) is 17.1 Å². The Bertz CT molecular complexity index is 177. The van der Waals surface area contributed by atoms with Crippen molar-refractivity contribution in [2.45, 2.75) is 6.92 Å². The van der Waals surface area contributed by atoms with Gasteiger partial charge in [0, 0.05) is 0 Å². The summed E-state index contributed by atoms with van der Waals surface area (Å²) in [5, 5.41) is 1.88. The van der Waals surface area contributed by atoms with Crippen LogP contribution in [0.3, 0.4) is 0 Å². The highest BCUT2D eigenvalue weighted by atomic mass is 32.1. The third-order valence-electron chi connectivity index (χ3n) is 0.659. The van der Waals surface area contributed by atoms with Crippen molar-refractivity contribution < 1.29 is 4.79 Å². The minimum atomic E-state index is 0.792. The van der Waals surface area contributed by atoms with Crippen LogP contribution in [-0.4, -0.2) is 6.29 Å². The average molecular weight is 154 g/mol. The molecule has 0 aromatic carbocycles. The maximum Gasteiger partial charge on any atom is 0.159 e. The summed E-state index contributed by atoms with van der Waals surface area (Å²) in [5.41, 5.74) is 0. The molecule has 10 heavy (non-hydrogen) atoms. The summed E-state index contributed by atoms with van der Waals surface area (Å²) in [7, 11) is 0. The molecule has 0 unspecified atom stereocenters. The Kier molecular flexibility index (Phi) is 5.68. The van der Waals surface area contributed by atoms with Crippen LogP contribution in [0.25, 0.3) is 0 Å². The van der Waals surface area contributed by atoms with E-state index < -0.39 is 0 Å². The Hall–Kier alpha value is -0.890. The normalized spacial score (nSPS) is 7.30. The number of hydrogen-bond acceptors (Lipinski definition) is 2. The molecule has 0 atom stereocenters. The summed E-state index contributed by atoms with van der Waals surface area (Å²) in [6.07, 6.45) is 2.60. The number of rotatable bonds is 1. The third-order valence-corrected chi connectivity index (χ3v) is 1.46. The van der Waals surface area contributed by atoms with Crippen molar-refractivity contribution in [1.82, 2.24) is 0 Å². The van der Waals surface area contributed by atoms with Gasteiger partial charge in [-0.25, -0.2) is 0 Å². The van der Waals surface area contributed by atoms with Crippen molar-refractivity contribution in [3.8, 4) is 0 Å². The van der Waals surface area contributed by atoms with Crippen LogP contribution in [0.1, 0.15) is 16.6 Å². The van der Waals surface area contributed by atoms with Gasteiger partial charge in [0.05, 0.1) is 4.88 Å². The van der Waals surface area contributed by atoms with Gasteiger partial charge in [-0.2, -0.15) is 0 Å². The Morgan fingerprint density at radius 3 is 2.50 bits per heavy atom. The number of carbonyl (C=O) groups excluding carboxylic acids is 1. The van der Waals surface area contributed by atoms with Crippen molar-refractivity contribution in [2.75, 3.05) is 0 Å². The number of thiophene rings is 1. The van der Waals surface area contributed by atoms with Crippen molar-refractivity contribution in [1.29, 1.82) is 0 Å². The summed E-state index contributed by atoms with van der Waals surface area (Å²) >= 11 is 1.45. The van der Waals surface area contributed by atoms with Gasteiger partial charge in [-0.05, 0) is 18.4 Å². The van der Waals surface area contributed by atoms with Gasteiger partial charge in [0.2, 0.25) is 0 Å². The fourth-order valence-electron chi connectivity index (χ4n) is 0.358. The molecule has 0 bridgehead atoms.